The molecular weight excluding hydrogens is 466 g/mol. The SMILES string of the molecule is CCOC(=O)CCC(CC(=O)c1ccc(NCc2cnc3nc(N)nc(N)c3n2)cc1)C(=O)OCC. The number of nitrogens with zero attached hydrogens (tertiary/aromatic N) is 4. The molecular formula is C24H29N7O5. The second-order valence-electron chi connectivity index (χ2n) is 7.85. The van der Waals surface area contributed by atoms with E-state index in [0.717, 1.165) is 5.69 Å². The number of nitrogen functional groups attached to an aromatic ring is 2. The molecule has 1 aromatic carbocycles. The summed E-state index contributed by atoms with van der Waals surface area (Å²) in [4.78, 5) is 53.3. The predicted octanol–water partition coefficient (Wildman–Crippen LogP) is 2.29. The van der Waals surface area contributed by atoms with E-state index in [0.29, 0.717) is 29.0 Å². The van der Waals surface area contributed by atoms with E-state index in [-0.39, 0.29) is 50.0 Å². The molecule has 0 fully saturated rings. The number of ketones is 1. The molecule has 36 heavy (non-hydrogen) atoms. The number of carbonyl (C=O) groups excluding carboxylic acids is 3. The van der Waals surface area contributed by atoms with Gasteiger partial charge in [0, 0.05) is 24.1 Å². The van der Waals surface area contributed by atoms with Gasteiger partial charge in [-0.25, -0.2) is 9.97 Å². The summed E-state index contributed by atoms with van der Waals surface area (Å²) >= 11 is 0. The van der Waals surface area contributed by atoms with Crippen LogP contribution in [0.5, 0.6) is 0 Å². The van der Waals surface area contributed by atoms with Gasteiger partial charge in [0.15, 0.2) is 22.8 Å². The zero-order valence-corrected chi connectivity index (χ0v) is 20.2. The number of aromatic nitrogens is 4. The Balaban J connectivity index is 1.61. The minimum absolute atomic E-state index is 0.0300. The third-order valence-corrected chi connectivity index (χ3v) is 5.24. The molecule has 0 aliphatic carbocycles. The summed E-state index contributed by atoms with van der Waals surface area (Å²) < 4.78 is 9.99. The third kappa shape index (κ3) is 7.08. The number of rotatable bonds is 12. The van der Waals surface area contributed by atoms with Crippen molar-refractivity contribution in [1.29, 1.82) is 0 Å². The summed E-state index contributed by atoms with van der Waals surface area (Å²) in [6.07, 6.45) is 1.71. The van der Waals surface area contributed by atoms with Crippen molar-refractivity contribution in [3.05, 3.63) is 41.7 Å². The molecule has 12 nitrogen and oxygen atoms in total. The highest BCUT2D eigenvalue weighted by Crippen LogP contribution is 2.20. The first kappa shape index (κ1) is 26.3. The highest BCUT2D eigenvalue weighted by molar-refractivity contribution is 5.98. The Morgan fingerprint density at radius 2 is 1.72 bits per heavy atom. The van der Waals surface area contributed by atoms with Gasteiger partial charge >= 0.3 is 11.9 Å². The lowest BCUT2D eigenvalue weighted by atomic mass is 9.94. The van der Waals surface area contributed by atoms with Crippen molar-refractivity contribution in [3.63, 3.8) is 0 Å². The number of benzene rings is 1. The molecule has 2 heterocycles. The van der Waals surface area contributed by atoms with Crippen LogP contribution in [0.2, 0.25) is 0 Å². The second kappa shape index (κ2) is 12.4. The Hall–Kier alpha value is -4.35. The molecule has 0 spiro atoms. The average Bonchev–Trinajstić information content (AvgIpc) is 2.85. The molecule has 12 heteroatoms. The Morgan fingerprint density at radius 3 is 2.42 bits per heavy atom. The monoisotopic (exact) mass is 495 g/mol. The Labute approximate surface area is 207 Å². The van der Waals surface area contributed by atoms with Crippen LogP contribution in [0.1, 0.15) is 49.2 Å². The maximum atomic E-state index is 12.8. The first-order valence-corrected chi connectivity index (χ1v) is 11.5. The molecule has 0 amide bonds. The van der Waals surface area contributed by atoms with Crippen LogP contribution in [-0.2, 0) is 25.6 Å². The van der Waals surface area contributed by atoms with E-state index >= 15 is 0 Å². The number of Topliss-reactive ketones (excluding diaryl/α,β-unsaturated/α-hetero) is 1. The van der Waals surface area contributed by atoms with Gasteiger partial charge in [-0.3, -0.25) is 14.4 Å². The highest BCUT2D eigenvalue weighted by atomic mass is 16.5. The number of ether oxygens (including phenoxy) is 2. The number of hydrogen-bond donors (Lipinski definition) is 3. The Morgan fingerprint density at radius 1 is 1.00 bits per heavy atom. The van der Waals surface area contributed by atoms with E-state index in [2.05, 4.69) is 25.3 Å². The number of fused-ring (bicyclic) bond motifs is 1. The predicted molar refractivity (Wildman–Crippen MR) is 133 cm³/mol. The molecule has 0 aliphatic rings. The van der Waals surface area contributed by atoms with Crippen molar-refractivity contribution in [1.82, 2.24) is 19.9 Å². The lowest BCUT2D eigenvalue weighted by Crippen LogP contribution is -2.22. The first-order chi connectivity index (χ1) is 17.3. The number of nitrogens with two attached hydrogens (primary N) is 2. The summed E-state index contributed by atoms with van der Waals surface area (Å²) in [6, 6.07) is 6.83. The van der Waals surface area contributed by atoms with E-state index in [1.165, 1.54) is 0 Å². The number of hydrogen-bond acceptors (Lipinski definition) is 12. The summed E-state index contributed by atoms with van der Waals surface area (Å²) in [7, 11) is 0. The van der Waals surface area contributed by atoms with Gasteiger partial charge in [0.1, 0.15) is 0 Å². The van der Waals surface area contributed by atoms with Crippen molar-refractivity contribution in [2.45, 2.75) is 39.7 Å². The Bertz CT molecular complexity index is 1230. The van der Waals surface area contributed by atoms with Crippen molar-refractivity contribution in [2.75, 3.05) is 30.0 Å². The van der Waals surface area contributed by atoms with Crippen molar-refractivity contribution < 1.29 is 23.9 Å². The fourth-order valence-electron chi connectivity index (χ4n) is 3.46. The molecule has 0 saturated heterocycles. The molecule has 1 atom stereocenters. The van der Waals surface area contributed by atoms with Gasteiger partial charge in [-0.2, -0.15) is 9.97 Å². The van der Waals surface area contributed by atoms with Gasteiger partial charge in [0.25, 0.3) is 0 Å². The van der Waals surface area contributed by atoms with E-state index in [4.69, 9.17) is 20.9 Å². The van der Waals surface area contributed by atoms with Crippen LogP contribution < -0.4 is 16.8 Å². The molecule has 1 unspecified atom stereocenters. The zero-order chi connectivity index (χ0) is 26.1. The van der Waals surface area contributed by atoms with Crippen molar-refractivity contribution in [3.8, 4) is 0 Å². The molecule has 5 N–H and O–H groups in total. The fourth-order valence-corrected chi connectivity index (χ4v) is 3.46. The van der Waals surface area contributed by atoms with Gasteiger partial charge in [-0.1, -0.05) is 0 Å². The minimum Gasteiger partial charge on any atom is -0.466 e. The topological polar surface area (TPSA) is 185 Å². The maximum absolute atomic E-state index is 12.8. The van der Waals surface area contributed by atoms with Gasteiger partial charge in [-0.15, -0.1) is 0 Å². The van der Waals surface area contributed by atoms with Crippen LogP contribution in [-0.4, -0.2) is 50.9 Å². The fraction of sp³-hybridized carbons (Fsp3) is 0.375. The summed E-state index contributed by atoms with van der Waals surface area (Å²) in [5, 5.41) is 3.20. The van der Waals surface area contributed by atoms with Crippen molar-refractivity contribution in [2.24, 2.45) is 5.92 Å². The molecule has 2 aromatic heterocycles. The average molecular weight is 496 g/mol. The van der Waals surface area contributed by atoms with E-state index < -0.39 is 17.9 Å². The van der Waals surface area contributed by atoms with Crippen LogP contribution in [0.4, 0.5) is 17.5 Å². The molecule has 190 valence electrons. The summed E-state index contributed by atoms with van der Waals surface area (Å²) in [5.41, 5.74) is 13.9. The summed E-state index contributed by atoms with van der Waals surface area (Å²) in [6.45, 7) is 4.19. The largest absolute Gasteiger partial charge is 0.466 e. The van der Waals surface area contributed by atoms with Gasteiger partial charge in [-0.05, 0) is 44.5 Å². The van der Waals surface area contributed by atoms with E-state index in [1.807, 2.05) is 0 Å². The molecule has 0 saturated carbocycles. The maximum Gasteiger partial charge on any atom is 0.309 e. The lowest BCUT2D eigenvalue weighted by Gasteiger charge is -2.15. The molecule has 0 bridgehead atoms. The number of carbonyl (C=O) groups is 3. The molecule has 0 radical (unpaired) electrons. The molecule has 0 aliphatic heterocycles. The zero-order valence-electron chi connectivity index (χ0n) is 20.2. The second-order valence-corrected chi connectivity index (χ2v) is 7.85. The van der Waals surface area contributed by atoms with Crippen LogP contribution in [0, 0.1) is 5.92 Å². The lowest BCUT2D eigenvalue weighted by molar-refractivity contribution is -0.149. The smallest absolute Gasteiger partial charge is 0.309 e. The minimum atomic E-state index is -0.724. The van der Waals surface area contributed by atoms with E-state index in [9.17, 15) is 14.4 Å². The summed E-state index contributed by atoms with van der Waals surface area (Å²) in [5.74, 6) is -1.68. The van der Waals surface area contributed by atoms with Gasteiger partial charge in [0.2, 0.25) is 5.95 Å². The highest BCUT2D eigenvalue weighted by Gasteiger charge is 2.25. The number of anilines is 3. The van der Waals surface area contributed by atoms with Crippen LogP contribution >= 0.6 is 0 Å². The third-order valence-electron chi connectivity index (χ3n) is 5.24. The van der Waals surface area contributed by atoms with Gasteiger partial charge in [0.05, 0.1) is 37.6 Å². The Kier molecular flexibility index (Phi) is 9.03. The quantitative estimate of drug-likeness (QED) is 0.246. The van der Waals surface area contributed by atoms with Crippen LogP contribution in [0.25, 0.3) is 11.2 Å². The molecule has 3 aromatic rings. The van der Waals surface area contributed by atoms with Crippen molar-refractivity contribution >= 4 is 46.3 Å². The number of esters is 2. The first-order valence-electron chi connectivity index (χ1n) is 11.5. The van der Waals surface area contributed by atoms with Crippen LogP contribution in [0.3, 0.4) is 0 Å². The number of nitrogens with one attached hydrogen (secondary N) is 1. The standard InChI is InChI=1S/C24H29N7O5/c1-3-35-19(33)10-7-15(23(34)36-4-2)11-18(32)14-5-8-16(9-6-14)27-12-17-13-28-22-20(29-17)21(25)30-24(26)31-22/h5-6,8-9,13,15,27H,3-4,7,10-12H2,1-2H3,(H4,25,26,28,30,31). The molecule has 3 rings (SSSR count). The van der Waals surface area contributed by atoms with E-state index in [1.54, 1.807) is 44.3 Å². The van der Waals surface area contributed by atoms with Gasteiger partial charge < -0.3 is 26.3 Å². The van der Waals surface area contributed by atoms with Crippen LogP contribution in [0.15, 0.2) is 30.5 Å². The normalized spacial score (nSPS) is 11.6.